The van der Waals surface area contributed by atoms with Crippen LogP contribution in [0.15, 0.2) is 29.4 Å². The van der Waals surface area contributed by atoms with E-state index in [4.69, 9.17) is 12.2 Å². The Hall–Kier alpha value is -1.42. The fraction of sp³-hybridized carbons (Fsp3) is 0.529. The molecule has 1 aliphatic carbocycles. The Kier molecular flexibility index (Phi) is 4.99. The Morgan fingerprint density at radius 3 is 2.71 bits per heavy atom. The molecule has 0 aliphatic heterocycles. The second kappa shape index (κ2) is 6.56. The second-order valence-corrected chi connectivity index (χ2v) is 7.32. The van der Waals surface area contributed by atoms with Crippen molar-refractivity contribution in [3.05, 3.63) is 29.8 Å². The number of nitrogens with zero attached hydrogens (tertiary/aromatic N) is 1. The van der Waals surface area contributed by atoms with Crippen molar-refractivity contribution in [1.29, 1.82) is 0 Å². The van der Waals surface area contributed by atoms with Crippen molar-refractivity contribution < 1.29 is 0 Å². The van der Waals surface area contributed by atoms with Crippen molar-refractivity contribution in [2.75, 3.05) is 5.32 Å². The first-order valence-electron chi connectivity index (χ1n) is 7.54. The molecule has 2 rings (SSSR count). The molecule has 2 N–H and O–H groups in total. The van der Waals surface area contributed by atoms with E-state index in [9.17, 15) is 0 Å². The first kappa shape index (κ1) is 16.0. The third-order valence-electron chi connectivity index (χ3n) is 3.88. The molecule has 114 valence electrons. The van der Waals surface area contributed by atoms with Crippen LogP contribution in [-0.2, 0) is 0 Å². The third kappa shape index (κ3) is 4.81. The predicted molar refractivity (Wildman–Crippen MR) is 94.8 cm³/mol. The van der Waals surface area contributed by atoms with Gasteiger partial charge >= 0.3 is 0 Å². The van der Waals surface area contributed by atoms with Crippen LogP contribution in [0, 0.1) is 18.3 Å². The van der Waals surface area contributed by atoms with Gasteiger partial charge in [0.05, 0.1) is 0 Å². The minimum absolute atomic E-state index is 0.337. The van der Waals surface area contributed by atoms with Crippen LogP contribution in [0.5, 0.6) is 0 Å². The van der Waals surface area contributed by atoms with Crippen LogP contribution >= 0.6 is 12.2 Å². The van der Waals surface area contributed by atoms with Gasteiger partial charge in [0.1, 0.15) is 0 Å². The Balaban J connectivity index is 1.94. The van der Waals surface area contributed by atoms with Gasteiger partial charge < -0.3 is 5.32 Å². The summed E-state index contributed by atoms with van der Waals surface area (Å²) in [7, 11) is 0. The van der Waals surface area contributed by atoms with Gasteiger partial charge in [-0.1, -0.05) is 39.0 Å². The molecule has 1 atom stereocenters. The Labute approximate surface area is 133 Å². The minimum atomic E-state index is 0.337. The van der Waals surface area contributed by atoms with Crippen LogP contribution in [-0.4, -0.2) is 10.8 Å². The molecule has 1 aliphatic rings. The quantitative estimate of drug-likeness (QED) is 0.624. The number of hydrazone groups is 1. The van der Waals surface area contributed by atoms with Gasteiger partial charge in [0.2, 0.25) is 0 Å². The monoisotopic (exact) mass is 303 g/mol. The maximum atomic E-state index is 5.32. The summed E-state index contributed by atoms with van der Waals surface area (Å²) in [5, 5.41) is 8.26. The van der Waals surface area contributed by atoms with E-state index in [1.54, 1.807) is 0 Å². The molecule has 3 nitrogen and oxygen atoms in total. The van der Waals surface area contributed by atoms with E-state index in [-0.39, 0.29) is 0 Å². The zero-order valence-electron chi connectivity index (χ0n) is 13.4. The van der Waals surface area contributed by atoms with Gasteiger partial charge in [-0.2, -0.15) is 5.10 Å². The van der Waals surface area contributed by atoms with E-state index in [1.807, 2.05) is 18.2 Å². The number of para-hydroxylation sites is 1. The van der Waals surface area contributed by atoms with Crippen molar-refractivity contribution in [2.24, 2.45) is 16.4 Å². The lowest BCUT2D eigenvalue weighted by Gasteiger charge is -2.34. The molecule has 0 saturated heterocycles. The summed E-state index contributed by atoms with van der Waals surface area (Å²) in [5.74, 6) is 0.687. The first-order valence-corrected chi connectivity index (χ1v) is 7.94. The number of thiocarbonyl (C=S) groups is 1. The highest BCUT2D eigenvalue weighted by atomic mass is 32.1. The summed E-state index contributed by atoms with van der Waals surface area (Å²) in [6.07, 6.45) is 3.36. The predicted octanol–water partition coefficient (Wildman–Crippen LogP) is 4.48. The summed E-state index contributed by atoms with van der Waals surface area (Å²) in [6, 6.07) is 8.09. The summed E-state index contributed by atoms with van der Waals surface area (Å²) in [5.41, 5.74) is 6.74. The lowest BCUT2D eigenvalue weighted by atomic mass is 9.72. The highest BCUT2D eigenvalue weighted by Gasteiger charge is 2.29. The van der Waals surface area contributed by atoms with Crippen LogP contribution < -0.4 is 10.7 Å². The second-order valence-electron chi connectivity index (χ2n) is 6.91. The molecule has 0 radical (unpaired) electrons. The number of nitrogens with one attached hydrogen (secondary N) is 2. The van der Waals surface area contributed by atoms with Crippen LogP contribution in [0.2, 0.25) is 0 Å². The lowest BCUT2D eigenvalue weighted by Crippen LogP contribution is -2.31. The smallest absolute Gasteiger partial charge is 0.191 e. The minimum Gasteiger partial charge on any atom is -0.331 e. The SMILES string of the molecule is Cc1ccccc1NC(=S)N/N=C1/C[C@H](C)CC(C)(C)C1. The van der Waals surface area contributed by atoms with Gasteiger partial charge in [-0.05, 0) is 61.4 Å². The Morgan fingerprint density at radius 1 is 1.33 bits per heavy atom. The summed E-state index contributed by atoms with van der Waals surface area (Å²) < 4.78 is 0. The molecule has 1 aromatic carbocycles. The average Bonchev–Trinajstić information content (AvgIpc) is 2.37. The van der Waals surface area contributed by atoms with Crippen molar-refractivity contribution in [1.82, 2.24) is 5.43 Å². The van der Waals surface area contributed by atoms with Crippen LogP contribution in [0.4, 0.5) is 5.69 Å². The highest BCUT2D eigenvalue weighted by molar-refractivity contribution is 7.80. The van der Waals surface area contributed by atoms with Crippen LogP contribution in [0.1, 0.15) is 45.6 Å². The first-order chi connectivity index (χ1) is 9.85. The van der Waals surface area contributed by atoms with Gasteiger partial charge in [-0.25, -0.2) is 0 Å². The number of aryl methyl sites for hydroxylation is 1. The van der Waals surface area contributed by atoms with E-state index >= 15 is 0 Å². The molecular formula is C17H25N3S. The zero-order valence-corrected chi connectivity index (χ0v) is 14.2. The maximum absolute atomic E-state index is 5.32. The molecule has 0 bridgehead atoms. The molecule has 21 heavy (non-hydrogen) atoms. The number of benzene rings is 1. The third-order valence-corrected chi connectivity index (χ3v) is 4.07. The maximum Gasteiger partial charge on any atom is 0.191 e. The van der Waals surface area contributed by atoms with Crippen LogP contribution in [0.3, 0.4) is 0 Å². The highest BCUT2D eigenvalue weighted by Crippen LogP contribution is 2.36. The fourth-order valence-corrected chi connectivity index (χ4v) is 3.35. The molecule has 4 heteroatoms. The molecule has 0 aromatic heterocycles. The number of hydrogen-bond donors (Lipinski definition) is 2. The Bertz CT molecular complexity index is 549. The van der Waals surface area contributed by atoms with E-state index in [0.29, 0.717) is 16.4 Å². The van der Waals surface area contributed by atoms with Gasteiger partial charge in [0, 0.05) is 11.4 Å². The summed E-state index contributed by atoms with van der Waals surface area (Å²) >= 11 is 5.32. The lowest BCUT2D eigenvalue weighted by molar-refractivity contribution is 0.265. The summed E-state index contributed by atoms with van der Waals surface area (Å²) in [6.45, 7) is 8.96. The van der Waals surface area contributed by atoms with E-state index in [2.05, 4.69) is 49.6 Å². The van der Waals surface area contributed by atoms with Gasteiger partial charge in [-0.15, -0.1) is 0 Å². The molecule has 0 spiro atoms. The number of rotatable bonds is 2. The average molecular weight is 303 g/mol. The van der Waals surface area contributed by atoms with E-state index in [0.717, 1.165) is 18.5 Å². The Morgan fingerprint density at radius 2 is 2.05 bits per heavy atom. The number of hydrogen-bond acceptors (Lipinski definition) is 2. The normalized spacial score (nSPS) is 22.9. The molecule has 0 amide bonds. The molecule has 1 fully saturated rings. The van der Waals surface area contributed by atoms with E-state index in [1.165, 1.54) is 17.7 Å². The van der Waals surface area contributed by atoms with Gasteiger partial charge in [0.25, 0.3) is 0 Å². The molecule has 0 unspecified atom stereocenters. The van der Waals surface area contributed by atoms with E-state index < -0.39 is 0 Å². The van der Waals surface area contributed by atoms with Crippen molar-refractivity contribution in [3.8, 4) is 0 Å². The van der Waals surface area contributed by atoms with Crippen molar-refractivity contribution in [2.45, 2.75) is 47.0 Å². The molecule has 1 aromatic rings. The van der Waals surface area contributed by atoms with Crippen molar-refractivity contribution in [3.63, 3.8) is 0 Å². The van der Waals surface area contributed by atoms with Crippen molar-refractivity contribution >= 4 is 28.7 Å². The van der Waals surface area contributed by atoms with Gasteiger partial charge in [0.15, 0.2) is 5.11 Å². The standard InChI is InChI=1S/C17H25N3S/c1-12-9-14(11-17(3,4)10-12)19-20-16(21)18-15-8-6-5-7-13(15)2/h5-8,12H,9-11H2,1-4H3,(H2,18,20,21)/b19-14-/t12-/m0/s1. The molecule has 0 heterocycles. The molecule has 1 saturated carbocycles. The molecular weight excluding hydrogens is 278 g/mol. The zero-order chi connectivity index (χ0) is 15.5. The largest absolute Gasteiger partial charge is 0.331 e. The van der Waals surface area contributed by atoms with Gasteiger partial charge in [-0.3, -0.25) is 5.43 Å². The number of anilines is 1. The van der Waals surface area contributed by atoms with Crippen LogP contribution in [0.25, 0.3) is 0 Å². The topological polar surface area (TPSA) is 36.4 Å². The fourth-order valence-electron chi connectivity index (χ4n) is 3.19. The summed E-state index contributed by atoms with van der Waals surface area (Å²) in [4.78, 5) is 0.